The van der Waals surface area contributed by atoms with Gasteiger partial charge in [-0.1, -0.05) is 25.1 Å². The maximum atomic E-state index is 11.6. The lowest BCUT2D eigenvalue weighted by atomic mass is 10.2. The number of benzene rings is 1. The molecule has 0 heterocycles. The van der Waals surface area contributed by atoms with Gasteiger partial charge in [-0.15, -0.1) is 6.58 Å². The van der Waals surface area contributed by atoms with Crippen molar-refractivity contribution in [3.63, 3.8) is 0 Å². The number of hydrogen-bond donors (Lipinski definition) is 2. The number of carbonyl (C=O) groups excluding carboxylic acids is 1. The summed E-state index contributed by atoms with van der Waals surface area (Å²) in [4.78, 5) is 11.6. The number of carbonyl (C=O) groups is 1. The summed E-state index contributed by atoms with van der Waals surface area (Å²) >= 11 is 0. The first kappa shape index (κ1) is 16.0. The molecule has 0 aliphatic carbocycles. The summed E-state index contributed by atoms with van der Waals surface area (Å²) < 4.78 is 10.9. The summed E-state index contributed by atoms with van der Waals surface area (Å²) in [6.45, 7) is 7.48. The van der Waals surface area contributed by atoms with E-state index in [1.165, 1.54) is 0 Å². The first-order valence-corrected chi connectivity index (χ1v) is 6.59. The highest BCUT2D eigenvalue weighted by Gasteiger charge is 2.12. The van der Waals surface area contributed by atoms with Crippen LogP contribution in [0.5, 0.6) is 11.5 Å². The largest absolute Gasteiger partial charge is 0.493 e. The van der Waals surface area contributed by atoms with Gasteiger partial charge in [-0.25, -0.2) is 0 Å². The molecule has 2 N–H and O–H groups in total. The Labute approximate surface area is 120 Å². The van der Waals surface area contributed by atoms with Crippen LogP contribution >= 0.6 is 0 Å². The average molecular weight is 278 g/mol. The molecule has 5 nitrogen and oxygen atoms in total. The van der Waals surface area contributed by atoms with Crippen LogP contribution in [0.4, 0.5) is 0 Å². The van der Waals surface area contributed by atoms with E-state index in [9.17, 15) is 4.79 Å². The topological polar surface area (TPSA) is 59.6 Å². The third kappa shape index (κ3) is 4.93. The minimum absolute atomic E-state index is 0.0483. The van der Waals surface area contributed by atoms with E-state index in [1.807, 2.05) is 25.1 Å². The van der Waals surface area contributed by atoms with Gasteiger partial charge in [0.05, 0.1) is 7.11 Å². The minimum Gasteiger partial charge on any atom is -0.493 e. The molecule has 1 amide bonds. The van der Waals surface area contributed by atoms with Gasteiger partial charge in [0.1, 0.15) is 0 Å². The molecule has 1 aromatic carbocycles. The highest BCUT2D eigenvalue weighted by atomic mass is 16.5. The van der Waals surface area contributed by atoms with Gasteiger partial charge in [0.25, 0.3) is 5.91 Å². The van der Waals surface area contributed by atoms with Gasteiger partial charge in [0.2, 0.25) is 0 Å². The Kier molecular flexibility index (Phi) is 7.21. The van der Waals surface area contributed by atoms with Crippen LogP contribution < -0.4 is 20.1 Å². The number of nitrogens with one attached hydrogen (secondary N) is 2. The van der Waals surface area contributed by atoms with Crippen molar-refractivity contribution >= 4 is 5.91 Å². The Balaban J connectivity index is 2.74. The van der Waals surface area contributed by atoms with E-state index in [0.717, 1.165) is 12.1 Å². The molecule has 0 saturated heterocycles. The third-order valence-electron chi connectivity index (χ3n) is 2.64. The lowest BCUT2D eigenvalue weighted by Crippen LogP contribution is -2.29. The van der Waals surface area contributed by atoms with Crippen LogP contribution in [0.25, 0.3) is 0 Å². The quantitative estimate of drug-likeness (QED) is 0.672. The predicted octanol–water partition coefficient (Wildman–Crippen LogP) is 1.49. The molecule has 0 fully saturated rings. The maximum Gasteiger partial charge on any atom is 0.258 e. The van der Waals surface area contributed by atoms with Crippen molar-refractivity contribution in [1.82, 2.24) is 10.6 Å². The van der Waals surface area contributed by atoms with E-state index in [0.29, 0.717) is 24.6 Å². The molecule has 1 rings (SSSR count). The van der Waals surface area contributed by atoms with Crippen LogP contribution in [0.15, 0.2) is 30.9 Å². The molecule has 1 aromatic rings. The van der Waals surface area contributed by atoms with Crippen LogP contribution in [-0.4, -0.2) is 32.7 Å². The van der Waals surface area contributed by atoms with Crippen molar-refractivity contribution in [3.8, 4) is 11.5 Å². The van der Waals surface area contributed by atoms with Crippen LogP contribution in [0.1, 0.15) is 12.5 Å². The number of para-hydroxylation sites is 1. The Hall–Kier alpha value is -2.01. The average Bonchev–Trinajstić information content (AvgIpc) is 2.48. The van der Waals surface area contributed by atoms with Crippen molar-refractivity contribution in [3.05, 3.63) is 36.4 Å². The van der Waals surface area contributed by atoms with Crippen molar-refractivity contribution < 1.29 is 14.3 Å². The zero-order valence-corrected chi connectivity index (χ0v) is 12.1. The molecule has 0 aromatic heterocycles. The van der Waals surface area contributed by atoms with Gasteiger partial charge in [0.15, 0.2) is 18.1 Å². The molecule has 0 bridgehead atoms. The van der Waals surface area contributed by atoms with Crippen LogP contribution in [0, 0.1) is 0 Å². The van der Waals surface area contributed by atoms with E-state index in [2.05, 4.69) is 17.2 Å². The van der Waals surface area contributed by atoms with Crippen LogP contribution in [0.2, 0.25) is 0 Å². The first-order valence-electron chi connectivity index (χ1n) is 6.59. The fraction of sp³-hybridized carbons (Fsp3) is 0.400. The predicted molar refractivity (Wildman–Crippen MR) is 79.1 cm³/mol. The summed E-state index contributed by atoms with van der Waals surface area (Å²) in [6.07, 6.45) is 1.62. The summed E-state index contributed by atoms with van der Waals surface area (Å²) in [5.74, 6) is 1.03. The number of methoxy groups -OCH3 is 1. The van der Waals surface area contributed by atoms with Crippen molar-refractivity contribution in [1.29, 1.82) is 0 Å². The molecule has 0 unspecified atom stereocenters. The summed E-state index contributed by atoms with van der Waals surface area (Å²) in [7, 11) is 1.58. The highest BCUT2D eigenvalue weighted by molar-refractivity contribution is 5.77. The summed E-state index contributed by atoms with van der Waals surface area (Å²) in [5.41, 5.74) is 0.961. The van der Waals surface area contributed by atoms with E-state index >= 15 is 0 Å². The molecule has 0 spiro atoms. The fourth-order valence-electron chi connectivity index (χ4n) is 1.66. The zero-order valence-electron chi connectivity index (χ0n) is 12.1. The maximum absolute atomic E-state index is 11.6. The molecule has 0 aliphatic rings. The summed E-state index contributed by atoms with van der Waals surface area (Å²) in [6, 6.07) is 5.66. The lowest BCUT2D eigenvalue weighted by Gasteiger charge is -2.15. The Morgan fingerprint density at radius 1 is 1.45 bits per heavy atom. The first-order chi connectivity index (χ1) is 9.72. The van der Waals surface area contributed by atoms with Crippen molar-refractivity contribution in [2.24, 2.45) is 0 Å². The van der Waals surface area contributed by atoms with E-state index in [-0.39, 0.29) is 12.5 Å². The summed E-state index contributed by atoms with van der Waals surface area (Å²) in [5, 5.41) is 5.89. The number of rotatable bonds is 9. The number of ether oxygens (including phenoxy) is 2. The van der Waals surface area contributed by atoms with Gasteiger partial charge < -0.3 is 20.1 Å². The molecule has 5 heteroatoms. The second-order valence-electron chi connectivity index (χ2n) is 4.11. The molecule has 0 atom stereocenters. The Morgan fingerprint density at radius 2 is 2.25 bits per heavy atom. The normalized spacial score (nSPS) is 9.90. The third-order valence-corrected chi connectivity index (χ3v) is 2.64. The second-order valence-corrected chi connectivity index (χ2v) is 4.11. The Morgan fingerprint density at radius 3 is 2.90 bits per heavy atom. The molecule has 0 radical (unpaired) electrons. The van der Waals surface area contributed by atoms with E-state index in [1.54, 1.807) is 13.2 Å². The van der Waals surface area contributed by atoms with Gasteiger partial charge in [-0.3, -0.25) is 4.79 Å². The van der Waals surface area contributed by atoms with Gasteiger partial charge in [-0.05, 0) is 12.6 Å². The van der Waals surface area contributed by atoms with Gasteiger partial charge in [-0.2, -0.15) is 0 Å². The minimum atomic E-state index is -0.190. The SMILES string of the molecule is C=CCNC(=O)COc1c(CNCC)cccc1OC. The van der Waals surface area contributed by atoms with E-state index < -0.39 is 0 Å². The van der Waals surface area contributed by atoms with E-state index in [4.69, 9.17) is 9.47 Å². The van der Waals surface area contributed by atoms with Crippen LogP contribution in [0.3, 0.4) is 0 Å². The van der Waals surface area contributed by atoms with Gasteiger partial charge >= 0.3 is 0 Å². The lowest BCUT2D eigenvalue weighted by molar-refractivity contribution is -0.122. The number of hydrogen-bond acceptors (Lipinski definition) is 4. The van der Waals surface area contributed by atoms with Crippen molar-refractivity contribution in [2.45, 2.75) is 13.5 Å². The van der Waals surface area contributed by atoms with Crippen molar-refractivity contribution in [2.75, 3.05) is 26.8 Å². The molecular formula is C15H22N2O3. The smallest absolute Gasteiger partial charge is 0.258 e. The van der Waals surface area contributed by atoms with Gasteiger partial charge in [0, 0.05) is 18.7 Å². The highest BCUT2D eigenvalue weighted by Crippen LogP contribution is 2.30. The molecule has 20 heavy (non-hydrogen) atoms. The fourth-order valence-corrected chi connectivity index (χ4v) is 1.66. The zero-order chi connectivity index (χ0) is 14.8. The Bertz CT molecular complexity index is 447. The molecule has 0 saturated carbocycles. The molecule has 110 valence electrons. The standard InChI is InChI=1S/C15H22N2O3/c1-4-9-17-14(18)11-20-15-12(10-16-5-2)7-6-8-13(15)19-3/h4,6-8,16H,1,5,9-11H2,2-3H3,(H,17,18). The second kappa shape index (κ2) is 8.98. The molecular weight excluding hydrogens is 256 g/mol. The molecule has 0 aliphatic heterocycles. The van der Waals surface area contributed by atoms with Crippen LogP contribution in [-0.2, 0) is 11.3 Å². The number of amides is 1. The monoisotopic (exact) mass is 278 g/mol.